The van der Waals surface area contributed by atoms with Crippen molar-refractivity contribution in [3.8, 4) is 0 Å². The molecule has 1 aromatic carbocycles. The molecule has 6 nitrogen and oxygen atoms in total. The number of benzene rings is 1. The maximum Gasteiger partial charge on any atom is 0.325 e. The number of halogens is 1. The van der Waals surface area contributed by atoms with Gasteiger partial charge < -0.3 is 10.1 Å². The van der Waals surface area contributed by atoms with Crippen LogP contribution in [0.25, 0.3) is 0 Å². The summed E-state index contributed by atoms with van der Waals surface area (Å²) in [7, 11) is 1.26. The number of esters is 1. The number of urea groups is 1. The molecular weight excluding hydrogens is 296 g/mol. The van der Waals surface area contributed by atoms with Gasteiger partial charge in [-0.3, -0.25) is 14.5 Å². The SMILES string of the molecule is COC(=O)CCN1C(=O)N[C@@](C)(c2ccc(Cl)cc2)C1=O. The predicted molar refractivity (Wildman–Crippen MR) is 75.7 cm³/mol. The van der Waals surface area contributed by atoms with Crippen LogP contribution >= 0.6 is 11.6 Å². The van der Waals surface area contributed by atoms with Crippen molar-refractivity contribution in [3.63, 3.8) is 0 Å². The van der Waals surface area contributed by atoms with Crippen LogP contribution in [-0.4, -0.2) is 36.5 Å². The highest BCUT2D eigenvalue weighted by Gasteiger charge is 2.48. The monoisotopic (exact) mass is 310 g/mol. The summed E-state index contributed by atoms with van der Waals surface area (Å²) in [5.41, 5.74) is -0.525. The highest BCUT2D eigenvalue weighted by molar-refractivity contribution is 6.30. The van der Waals surface area contributed by atoms with E-state index in [0.717, 1.165) is 4.90 Å². The van der Waals surface area contributed by atoms with Crippen LogP contribution in [-0.2, 0) is 19.9 Å². The number of ether oxygens (including phenoxy) is 1. The first-order chi connectivity index (χ1) is 9.88. The normalized spacial score (nSPS) is 21.4. The Morgan fingerprint density at radius 1 is 1.33 bits per heavy atom. The molecule has 0 aliphatic carbocycles. The lowest BCUT2D eigenvalue weighted by atomic mass is 9.92. The summed E-state index contributed by atoms with van der Waals surface area (Å²) in [5.74, 6) is -0.880. The summed E-state index contributed by atoms with van der Waals surface area (Å²) in [4.78, 5) is 36.6. The largest absolute Gasteiger partial charge is 0.469 e. The maximum absolute atomic E-state index is 12.5. The first-order valence-electron chi connectivity index (χ1n) is 6.35. The molecule has 112 valence electrons. The Bertz CT molecular complexity index is 587. The number of imide groups is 1. The molecule has 2 rings (SSSR count). The van der Waals surface area contributed by atoms with Gasteiger partial charge in [-0.1, -0.05) is 23.7 Å². The number of carbonyl (C=O) groups is 3. The lowest BCUT2D eigenvalue weighted by Gasteiger charge is -2.22. The number of amides is 3. The summed E-state index contributed by atoms with van der Waals surface area (Å²) in [6.45, 7) is 1.61. The predicted octanol–water partition coefficient (Wildman–Crippen LogP) is 1.67. The van der Waals surface area contributed by atoms with Crippen LogP contribution in [0, 0.1) is 0 Å². The smallest absolute Gasteiger partial charge is 0.325 e. The highest BCUT2D eigenvalue weighted by Crippen LogP contribution is 2.29. The van der Waals surface area contributed by atoms with E-state index in [1.54, 1.807) is 31.2 Å². The molecule has 1 N–H and O–H groups in total. The zero-order valence-electron chi connectivity index (χ0n) is 11.7. The zero-order valence-corrected chi connectivity index (χ0v) is 12.4. The summed E-state index contributed by atoms with van der Waals surface area (Å²) < 4.78 is 4.51. The minimum atomic E-state index is -1.15. The van der Waals surface area contributed by atoms with E-state index in [1.807, 2.05) is 0 Å². The summed E-state index contributed by atoms with van der Waals surface area (Å²) in [6.07, 6.45) is -0.0354. The Hall–Kier alpha value is -2.08. The van der Waals surface area contributed by atoms with Gasteiger partial charge in [0.1, 0.15) is 5.54 Å². The van der Waals surface area contributed by atoms with E-state index in [4.69, 9.17) is 11.6 Å². The number of nitrogens with zero attached hydrogens (tertiary/aromatic N) is 1. The molecule has 1 saturated heterocycles. The molecule has 0 unspecified atom stereocenters. The van der Waals surface area contributed by atoms with Crippen molar-refractivity contribution in [1.82, 2.24) is 10.2 Å². The Labute approximate surface area is 127 Å². The first kappa shape index (κ1) is 15.3. The first-order valence-corrected chi connectivity index (χ1v) is 6.73. The molecule has 1 fully saturated rings. The van der Waals surface area contributed by atoms with Gasteiger partial charge in [-0.25, -0.2) is 4.79 Å². The number of rotatable bonds is 4. The maximum atomic E-state index is 12.5. The molecule has 0 spiro atoms. The van der Waals surface area contributed by atoms with Crippen LogP contribution in [0.4, 0.5) is 4.79 Å². The van der Waals surface area contributed by atoms with Crippen molar-refractivity contribution < 1.29 is 19.1 Å². The van der Waals surface area contributed by atoms with Crippen LogP contribution in [0.3, 0.4) is 0 Å². The number of carbonyl (C=O) groups excluding carboxylic acids is 3. The van der Waals surface area contributed by atoms with Gasteiger partial charge in [0.05, 0.1) is 13.5 Å². The molecule has 1 aromatic rings. The topological polar surface area (TPSA) is 75.7 Å². The van der Waals surface area contributed by atoms with Crippen molar-refractivity contribution in [2.45, 2.75) is 18.9 Å². The van der Waals surface area contributed by atoms with E-state index in [-0.39, 0.29) is 13.0 Å². The molecule has 0 saturated carbocycles. The van der Waals surface area contributed by atoms with Crippen molar-refractivity contribution in [1.29, 1.82) is 0 Å². The Morgan fingerprint density at radius 3 is 2.52 bits per heavy atom. The van der Waals surface area contributed by atoms with E-state index < -0.39 is 23.4 Å². The van der Waals surface area contributed by atoms with Crippen molar-refractivity contribution in [3.05, 3.63) is 34.9 Å². The summed E-state index contributed by atoms with van der Waals surface area (Å²) in [6, 6.07) is 6.15. The van der Waals surface area contributed by atoms with Crippen LogP contribution in [0.1, 0.15) is 18.9 Å². The second-order valence-electron chi connectivity index (χ2n) is 4.84. The molecule has 1 atom stereocenters. The standard InChI is InChI=1S/C14H15ClN2O4/c1-14(9-3-5-10(15)6-4-9)12(19)17(13(20)16-14)8-7-11(18)21-2/h3-6H,7-8H2,1-2H3,(H,16,20)/t14-/m0/s1. The number of hydrogen-bond acceptors (Lipinski definition) is 4. The highest BCUT2D eigenvalue weighted by atomic mass is 35.5. The lowest BCUT2D eigenvalue weighted by Crippen LogP contribution is -2.41. The number of methoxy groups -OCH3 is 1. The van der Waals surface area contributed by atoms with E-state index in [2.05, 4.69) is 10.1 Å². The Balaban J connectivity index is 2.20. The molecular formula is C14H15ClN2O4. The van der Waals surface area contributed by atoms with E-state index in [9.17, 15) is 14.4 Å². The van der Waals surface area contributed by atoms with Gasteiger partial charge >= 0.3 is 12.0 Å². The van der Waals surface area contributed by atoms with Gasteiger partial charge in [0.2, 0.25) is 0 Å². The molecule has 0 bridgehead atoms. The van der Waals surface area contributed by atoms with E-state index >= 15 is 0 Å². The van der Waals surface area contributed by atoms with Crippen LogP contribution in [0.5, 0.6) is 0 Å². The average Bonchev–Trinajstić information content (AvgIpc) is 2.68. The van der Waals surface area contributed by atoms with E-state index in [1.165, 1.54) is 7.11 Å². The fourth-order valence-electron chi connectivity index (χ4n) is 2.18. The number of hydrogen-bond donors (Lipinski definition) is 1. The molecule has 3 amide bonds. The molecule has 1 aliphatic heterocycles. The molecule has 1 heterocycles. The minimum Gasteiger partial charge on any atom is -0.469 e. The second kappa shape index (κ2) is 5.73. The van der Waals surface area contributed by atoms with Gasteiger partial charge in [0, 0.05) is 11.6 Å². The molecule has 7 heteroatoms. The molecule has 1 aliphatic rings. The van der Waals surface area contributed by atoms with Crippen LogP contribution in [0.2, 0.25) is 5.02 Å². The number of nitrogens with one attached hydrogen (secondary N) is 1. The van der Waals surface area contributed by atoms with Gasteiger partial charge in [-0.15, -0.1) is 0 Å². The third kappa shape index (κ3) is 2.85. The fraction of sp³-hybridized carbons (Fsp3) is 0.357. The minimum absolute atomic E-state index is 0.0134. The van der Waals surface area contributed by atoms with Gasteiger partial charge in [0.25, 0.3) is 5.91 Å². The van der Waals surface area contributed by atoms with Crippen molar-refractivity contribution in [2.24, 2.45) is 0 Å². The molecule has 21 heavy (non-hydrogen) atoms. The van der Waals surface area contributed by atoms with Gasteiger partial charge in [-0.05, 0) is 24.6 Å². The average molecular weight is 311 g/mol. The molecule has 0 aromatic heterocycles. The fourth-order valence-corrected chi connectivity index (χ4v) is 2.31. The second-order valence-corrected chi connectivity index (χ2v) is 5.28. The molecule has 0 radical (unpaired) electrons. The van der Waals surface area contributed by atoms with Gasteiger partial charge in [0.15, 0.2) is 0 Å². The Kier molecular flexibility index (Phi) is 4.18. The third-order valence-electron chi connectivity index (χ3n) is 3.46. The van der Waals surface area contributed by atoms with Crippen LogP contribution < -0.4 is 5.32 Å². The van der Waals surface area contributed by atoms with E-state index in [0.29, 0.717) is 10.6 Å². The quantitative estimate of drug-likeness (QED) is 0.678. The Morgan fingerprint density at radius 2 is 1.95 bits per heavy atom. The van der Waals surface area contributed by atoms with Crippen molar-refractivity contribution in [2.75, 3.05) is 13.7 Å². The summed E-state index contributed by atoms with van der Waals surface area (Å²) in [5, 5.41) is 3.19. The zero-order chi connectivity index (χ0) is 15.6. The van der Waals surface area contributed by atoms with Crippen molar-refractivity contribution >= 4 is 29.5 Å². The van der Waals surface area contributed by atoms with Crippen LogP contribution in [0.15, 0.2) is 24.3 Å². The lowest BCUT2D eigenvalue weighted by molar-refractivity contribution is -0.141. The third-order valence-corrected chi connectivity index (χ3v) is 3.72. The van der Waals surface area contributed by atoms with Gasteiger partial charge in [-0.2, -0.15) is 0 Å². The summed E-state index contributed by atoms with van der Waals surface area (Å²) >= 11 is 5.82.